The maximum atomic E-state index is 13.4. The van der Waals surface area contributed by atoms with E-state index in [0.717, 1.165) is 25.0 Å². The highest BCUT2D eigenvalue weighted by molar-refractivity contribution is 5.94. The smallest absolute Gasteiger partial charge is 0.254 e. The Kier molecular flexibility index (Phi) is 4.38. The van der Waals surface area contributed by atoms with Crippen LogP contribution < -0.4 is 0 Å². The molecule has 0 aliphatic carbocycles. The van der Waals surface area contributed by atoms with Crippen molar-refractivity contribution >= 4 is 5.91 Å². The summed E-state index contributed by atoms with van der Waals surface area (Å²) >= 11 is 0. The van der Waals surface area contributed by atoms with Gasteiger partial charge in [-0.2, -0.15) is 4.98 Å². The number of aryl methyl sites for hydroxylation is 1. The number of hydrogen-bond acceptors (Lipinski definition) is 6. The third-order valence-electron chi connectivity index (χ3n) is 4.49. The molecule has 0 spiro atoms. The highest BCUT2D eigenvalue weighted by Gasteiger charge is 2.27. The lowest BCUT2D eigenvalue weighted by atomic mass is 10.0. The number of benzene rings is 1. The highest BCUT2D eigenvalue weighted by atomic mass is 19.2. The first-order valence-corrected chi connectivity index (χ1v) is 8.48. The van der Waals surface area contributed by atoms with Gasteiger partial charge in [0.15, 0.2) is 17.3 Å². The summed E-state index contributed by atoms with van der Waals surface area (Å²) in [5.41, 5.74) is 0.604. The molecule has 2 aromatic heterocycles. The molecule has 0 bridgehead atoms. The first-order chi connectivity index (χ1) is 13.0. The van der Waals surface area contributed by atoms with E-state index in [1.807, 2.05) is 0 Å². The van der Waals surface area contributed by atoms with Crippen LogP contribution in [0.5, 0.6) is 0 Å². The fourth-order valence-corrected chi connectivity index (χ4v) is 3.13. The molecule has 0 N–H and O–H groups in total. The number of carbonyl (C=O) groups excluding carboxylic acids is 1. The van der Waals surface area contributed by atoms with E-state index in [0.29, 0.717) is 30.5 Å². The second kappa shape index (κ2) is 6.86. The van der Waals surface area contributed by atoms with Crippen molar-refractivity contribution in [3.05, 3.63) is 47.5 Å². The van der Waals surface area contributed by atoms with Crippen molar-refractivity contribution in [3.8, 4) is 11.5 Å². The fourth-order valence-electron chi connectivity index (χ4n) is 3.13. The van der Waals surface area contributed by atoms with Crippen LogP contribution in [0.15, 0.2) is 28.9 Å². The Labute approximate surface area is 152 Å². The zero-order valence-corrected chi connectivity index (χ0v) is 14.5. The van der Waals surface area contributed by atoms with Crippen LogP contribution in [0.25, 0.3) is 11.5 Å². The Morgan fingerprint density at radius 3 is 2.89 bits per heavy atom. The van der Waals surface area contributed by atoms with Crippen molar-refractivity contribution in [1.82, 2.24) is 30.0 Å². The zero-order chi connectivity index (χ0) is 19.0. The minimum absolute atomic E-state index is 0.0813. The molecule has 1 unspecified atom stereocenters. The van der Waals surface area contributed by atoms with E-state index in [2.05, 4.69) is 20.5 Å². The topological polar surface area (TPSA) is 89.9 Å². The lowest BCUT2D eigenvalue weighted by molar-refractivity contribution is 0.0671. The van der Waals surface area contributed by atoms with Crippen LogP contribution in [0.1, 0.15) is 35.1 Å². The molecule has 1 amide bonds. The molecular formula is C17H16F2N6O2. The van der Waals surface area contributed by atoms with Gasteiger partial charge in [0.2, 0.25) is 11.7 Å². The second-order valence-electron chi connectivity index (χ2n) is 6.40. The zero-order valence-electron chi connectivity index (χ0n) is 14.5. The summed E-state index contributed by atoms with van der Waals surface area (Å²) in [5.74, 6) is -1.57. The number of rotatable bonds is 3. The van der Waals surface area contributed by atoms with E-state index < -0.39 is 11.6 Å². The monoisotopic (exact) mass is 374 g/mol. The van der Waals surface area contributed by atoms with E-state index in [4.69, 9.17) is 4.52 Å². The molecule has 8 nitrogen and oxygen atoms in total. The summed E-state index contributed by atoms with van der Waals surface area (Å²) in [7, 11) is 0. The quantitative estimate of drug-likeness (QED) is 0.699. The second-order valence-corrected chi connectivity index (χ2v) is 6.40. The minimum atomic E-state index is -1.04. The van der Waals surface area contributed by atoms with E-state index in [9.17, 15) is 13.6 Å². The first kappa shape index (κ1) is 17.3. The molecule has 0 radical (unpaired) electrons. The van der Waals surface area contributed by atoms with Gasteiger partial charge in [-0.1, -0.05) is 10.4 Å². The normalized spacial score (nSPS) is 17.3. The highest BCUT2D eigenvalue weighted by Crippen LogP contribution is 2.24. The number of aromatic nitrogens is 5. The number of likely N-dealkylation sites (tertiary alicyclic amines) is 1. The Morgan fingerprint density at radius 1 is 1.30 bits per heavy atom. The summed E-state index contributed by atoms with van der Waals surface area (Å²) in [6.07, 6.45) is 3.28. The Balaban J connectivity index is 1.50. The molecule has 3 heterocycles. The number of nitrogens with zero attached hydrogens (tertiary/aromatic N) is 6. The van der Waals surface area contributed by atoms with Gasteiger partial charge in [0.25, 0.3) is 5.91 Å². The van der Waals surface area contributed by atoms with Crippen molar-refractivity contribution < 1.29 is 18.1 Å². The molecule has 1 saturated heterocycles. The summed E-state index contributed by atoms with van der Waals surface area (Å²) in [5, 5.41) is 12.0. The number of piperidine rings is 1. The summed E-state index contributed by atoms with van der Waals surface area (Å²) in [6, 6.07) is 3.09. The summed E-state index contributed by atoms with van der Waals surface area (Å²) in [6.45, 7) is 2.62. The van der Waals surface area contributed by atoms with E-state index in [-0.39, 0.29) is 17.5 Å². The largest absolute Gasteiger partial charge is 0.339 e. The van der Waals surface area contributed by atoms with Gasteiger partial charge in [-0.25, -0.2) is 13.5 Å². The molecule has 1 aromatic carbocycles. The number of amides is 1. The Hall–Kier alpha value is -3.17. The van der Waals surface area contributed by atoms with Crippen molar-refractivity contribution in [2.45, 2.75) is 25.8 Å². The molecule has 1 fully saturated rings. The fraction of sp³-hybridized carbons (Fsp3) is 0.353. The molecule has 3 aromatic rings. The van der Waals surface area contributed by atoms with Crippen LogP contribution in [0, 0.1) is 18.6 Å². The van der Waals surface area contributed by atoms with Crippen LogP contribution in [0.3, 0.4) is 0 Å². The molecule has 140 valence electrons. The summed E-state index contributed by atoms with van der Waals surface area (Å²) < 4.78 is 33.1. The molecular weight excluding hydrogens is 358 g/mol. The minimum Gasteiger partial charge on any atom is -0.339 e. The first-order valence-electron chi connectivity index (χ1n) is 8.48. The van der Waals surface area contributed by atoms with Crippen molar-refractivity contribution in [2.75, 3.05) is 13.1 Å². The van der Waals surface area contributed by atoms with Crippen LogP contribution in [-0.4, -0.2) is 49.0 Å². The Morgan fingerprint density at radius 2 is 2.15 bits per heavy atom. The number of carbonyl (C=O) groups is 1. The molecule has 0 saturated carbocycles. The van der Waals surface area contributed by atoms with Crippen LogP contribution >= 0.6 is 0 Å². The van der Waals surface area contributed by atoms with Gasteiger partial charge < -0.3 is 9.42 Å². The maximum absolute atomic E-state index is 13.4. The van der Waals surface area contributed by atoms with E-state index in [1.165, 1.54) is 6.07 Å². The van der Waals surface area contributed by atoms with Gasteiger partial charge in [0.1, 0.15) is 0 Å². The lowest BCUT2D eigenvalue weighted by Gasteiger charge is -2.32. The van der Waals surface area contributed by atoms with E-state index in [1.54, 1.807) is 22.7 Å². The number of halogens is 2. The molecule has 27 heavy (non-hydrogen) atoms. The number of hydrogen-bond donors (Lipinski definition) is 0. The standard InChI is InChI=1S/C17H16F2N6O2/c1-10-20-16(22-27-10)15-9-25(23-21-15)12-3-2-6-24(8-12)17(26)11-4-5-13(18)14(19)7-11/h4-5,7,9,12H,2-3,6,8H2,1H3. The predicted molar refractivity (Wildman–Crippen MR) is 88.6 cm³/mol. The molecule has 1 atom stereocenters. The van der Waals surface area contributed by atoms with Crippen LogP contribution in [0.2, 0.25) is 0 Å². The van der Waals surface area contributed by atoms with Gasteiger partial charge >= 0.3 is 0 Å². The van der Waals surface area contributed by atoms with Gasteiger partial charge in [0, 0.05) is 25.6 Å². The summed E-state index contributed by atoms with van der Waals surface area (Å²) in [4.78, 5) is 18.4. The van der Waals surface area contributed by atoms with Crippen molar-refractivity contribution in [2.24, 2.45) is 0 Å². The van der Waals surface area contributed by atoms with Gasteiger partial charge in [-0.15, -0.1) is 5.10 Å². The molecule has 1 aliphatic rings. The average Bonchev–Trinajstić information content (AvgIpc) is 3.32. The maximum Gasteiger partial charge on any atom is 0.254 e. The SMILES string of the molecule is Cc1nc(-c2cn(C3CCCN(C(=O)c4ccc(F)c(F)c4)C3)nn2)no1. The van der Waals surface area contributed by atoms with Gasteiger partial charge in [-0.05, 0) is 31.0 Å². The Bertz CT molecular complexity index is 985. The van der Waals surface area contributed by atoms with E-state index >= 15 is 0 Å². The third-order valence-corrected chi connectivity index (χ3v) is 4.49. The average molecular weight is 374 g/mol. The van der Waals surface area contributed by atoms with Crippen LogP contribution in [0.4, 0.5) is 8.78 Å². The van der Waals surface area contributed by atoms with Gasteiger partial charge in [0.05, 0.1) is 12.2 Å². The lowest BCUT2D eigenvalue weighted by Crippen LogP contribution is -2.40. The third kappa shape index (κ3) is 3.42. The van der Waals surface area contributed by atoms with Crippen molar-refractivity contribution in [1.29, 1.82) is 0 Å². The molecule has 1 aliphatic heterocycles. The predicted octanol–water partition coefficient (Wildman–Crippen LogP) is 2.39. The molecule has 4 rings (SSSR count). The van der Waals surface area contributed by atoms with Gasteiger partial charge in [-0.3, -0.25) is 4.79 Å². The van der Waals surface area contributed by atoms with Crippen molar-refractivity contribution in [3.63, 3.8) is 0 Å². The molecule has 10 heteroatoms. The van der Waals surface area contributed by atoms with Crippen LogP contribution in [-0.2, 0) is 0 Å².